The molecule has 0 atom stereocenters. The number of carbonyl (C=O) groups is 2. The van der Waals surface area contributed by atoms with E-state index in [-0.39, 0.29) is 10.6 Å². The Balaban J connectivity index is 1.85. The van der Waals surface area contributed by atoms with Crippen LogP contribution in [0.5, 0.6) is 11.5 Å². The van der Waals surface area contributed by atoms with Crippen LogP contribution < -0.4 is 14.4 Å². The fourth-order valence-electron chi connectivity index (χ4n) is 2.68. The SMILES string of the molecule is CCCCOc1ccc(/C=C2\SC(=O)N(c3ccccc3F)C2=O)cc1OC. The average molecular weight is 401 g/mol. The number of hydrogen-bond donors (Lipinski definition) is 0. The molecule has 2 aromatic carbocycles. The summed E-state index contributed by atoms with van der Waals surface area (Å²) in [5.41, 5.74) is 0.629. The van der Waals surface area contributed by atoms with Gasteiger partial charge in [0.05, 0.1) is 24.3 Å². The van der Waals surface area contributed by atoms with Crippen molar-refractivity contribution in [1.82, 2.24) is 0 Å². The minimum Gasteiger partial charge on any atom is -0.493 e. The van der Waals surface area contributed by atoms with Crippen molar-refractivity contribution >= 4 is 34.7 Å². The third-order valence-electron chi connectivity index (χ3n) is 4.13. The van der Waals surface area contributed by atoms with E-state index < -0.39 is 17.0 Å². The van der Waals surface area contributed by atoms with Crippen LogP contribution in [0.2, 0.25) is 0 Å². The summed E-state index contributed by atoms with van der Waals surface area (Å²) in [4.78, 5) is 26.0. The number of rotatable bonds is 7. The van der Waals surface area contributed by atoms with E-state index in [4.69, 9.17) is 9.47 Å². The first-order chi connectivity index (χ1) is 13.5. The topological polar surface area (TPSA) is 55.8 Å². The van der Waals surface area contributed by atoms with Gasteiger partial charge >= 0.3 is 0 Å². The Morgan fingerprint density at radius 1 is 1.14 bits per heavy atom. The lowest BCUT2D eigenvalue weighted by atomic mass is 10.1. The number of methoxy groups -OCH3 is 1. The highest BCUT2D eigenvalue weighted by atomic mass is 32.2. The number of anilines is 1. The van der Waals surface area contributed by atoms with E-state index in [0.717, 1.165) is 29.5 Å². The Labute approximate surface area is 167 Å². The van der Waals surface area contributed by atoms with Crippen LogP contribution in [0.4, 0.5) is 14.9 Å². The smallest absolute Gasteiger partial charge is 0.298 e. The highest BCUT2D eigenvalue weighted by molar-refractivity contribution is 8.19. The van der Waals surface area contributed by atoms with Gasteiger partial charge in [-0.15, -0.1) is 0 Å². The molecule has 0 N–H and O–H groups in total. The highest BCUT2D eigenvalue weighted by Crippen LogP contribution is 2.37. The van der Waals surface area contributed by atoms with Gasteiger partial charge in [0, 0.05) is 0 Å². The molecular formula is C21H20FNO4S. The molecule has 0 unspecified atom stereocenters. The van der Waals surface area contributed by atoms with Gasteiger partial charge in [0.25, 0.3) is 11.1 Å². The molecule has 0 spiro atoms. The number of nitrogens with zero attached hydrogens (tertiary/aromatic N) is 1. The van der Waals surface area contributed by atoms with Gasteiger partial charge in [-0.25, -0.2) is 9.29 Å². The van der Waals surface area contributed by atoms with E-state index in [9.17, 15) is 14.0 Å². The molecule has 146 valence electrons. The molecule has 1 aliphatic rings. The fraction of sp³-hybridized carbons (Fsp3) is 0.238. The van der Waals surface area contributed by atoms with Crippen LogP contribution in [-0.2, 0) is 4.79 Å². The Bertz CT molecular complexity index is 928. The first kappa shape index (κ1) is 19.9. The third-order valence-corrected chi connectivity index (χ3v) is 5.00. The van der Waals surface area contributed by atoms with Crippen LogP contribution in [0.1, 0.15) is 25.3 Å². The van der Waals surface area contributed by atoms with Gasteiger partial charge in [-0.3, -0.25) is 9.59 Å². The number of thioether (sulfide) groups is 1. The normalized spacial score (nSPS) is 15.4. The maximum absolute atomic E-state index is 14.0. The number of benzene rings is 2. The van der Waals surface area contributed by atoms with E-state index in [0.29, 0.717) is 23.7 Å². The van der Waals surface area contributed by atoms with Gasteiger partial charge in [-0.2, -0.15) is 0 Å². The summed E-state index contributed by atoms with van der Waals surface area (Å²) in [5, 5.41) is -0.534. The molecule has 0 radical (unpaired) electrons. The predicted molar refractivity (Wildman–Crippen MR) is 108 cm³/mol. The van der Waals surface area contributed by atoms with E-state index >= 15 is 0 Å². The molecule has 0 saturated carbocycles. The second-order valence-corrected chi connectivity index (χ2v) is 7.07. The minimum atomic E-state index is -0.624. The van der Waals surface area contributed by atoms with Crippen molar-refractivity contribution in [2.75, 3.05) is 18.6 Å². The monoisotopic (exact) mass is 401 g/mol. The summed E-state index contributed by atoms with van der Waals surface area (Å²) < 4.78 is 25.1. The maximum Gasteiger partial charge on any atom is 0.298 e. The molecule has 1 saturated heterocycles. The summed E-state index contributed by atoms with van der Waals surface area (Å²) in [6.45, 7) is 2.67. The lowest BCUT2D eigenvalue weighted by molar-refractivity contribution is -0.113. The molecular weight excluding hydrogens is 381 g/mol. The van der Waals surface area contributed by atoms with Crippen molar-refractivity contribution in [3.8, 4) is 11.5 Å². The summed E-state index contributed by atoms with van der Waals surface area (Å²) in [6, 6.07) is 11.0. The summed E-state index contributed by atoms with van der Waals surface area (Å²) in [7, 11) is 1.54. The first-order valence-electron chi connectivity index (χ1n) is 8.88. The van der Waals surface area contributed by atoms with E-state index in [1.54, 1.807) is 30.3 Å². The lowest BCUT2D eigenvalue weighted by Gasteiger charge is -2.13. The van der Waals surface area contributed by atoms with Gasteiger partial charge in [0.15, 0.2) is 11.5 Å². The largest absolute Gasteiger partial charge is 0.493 e. The van der Waals surface area contributed by atoms with Gasteiger partial charge in [-0.05, 0) is 54.1 Å². The second-order valence-electron chi connectivity index (χ2n) is 6.08. The zero-order chi connectivity index (χ0) is 20.1. The maximum atomic E-state index is 14.0. The van der Waals surface area contributed by atoms with Crippen LogP contribution in [0.3, 0.4) is 0 Å². The van der Waals surface area contributed by atoms with Crippen LogP contribution in [0.25, 0.3) is 6.08 Å². The minimum absolute atomic E-state index is 0.0503. The molecule has 28 heavy (non-hydrogen) atoms. The zero-order valence-electron chi connectivity index (χ0n) is 15.6. The van der Waals surface area contributed by atoms with E-state index in [1.165, 1.54) is 25.3 Å². The quantitative estimate of drug-likeness (QED) is 0.468. The molecule has 2 aromatic rings. The molecule has 2 amide bonds. The van der Waals surface area contributed by atoms with Crippen molar-refractivity contribution in [2.45, 2.75) is 19.8 Å². The van der Waals surface area contributed by atoms with Gasteiger partial charge in [0.2, 0.25) is 0 Å². The lowest BCUT2D eigenvalue weighted by Crippen LogP contribution is -2.28. The molecule has 5 nitrogen and oxygen atoms in total. The standard InChI is InChI=1S/C21H20FNO4S/c1-3-4-11-27-17-10-9-14(12-18(17)26-2)13-19-20(24)23(21(25)28-19)16-8-6-5-7-15(16)22/h5-10,12-13H,3-4,11H2,1-2H3/b19-13-. The number of ether oxygens (including phenoxy) is 2. The molecule has 1 aliphatic heterocycles. The van der Waals surface area contributed by atoms with Crippen LogP contribution in [-0.4, -0.2) is 24.9 Å². The van der Waals surface area contributed by atoms with Gasteiger partial charge < -0.3 is 9.47 Å². The summed E-state index contributed by atoms with van der Waals surface area (Å²) in [6.07, 6.45) is 3.55. The number of hydrogen-bond acceptors (Lipinski definition) is 5. The molecule has 1 heterocycles. The van der Waals surface area contributed by atoms with Crippen LogP contribution >= 0.6 is 11.8 Å². The van der Waals surface area contributed by atoms with E-state index in [2.05, 4.69) is 6.92 Å². The highest BCUT2D eigenvalue weighted by Gasteiger charge is 2.37. The Morgan fingerprint density at radius 3 is 2.64 bits per heavy atom. The van der Waals surface area contributed by atoms with Crippen LogP contribution in [0.15, 0.2) is 47.4 Å². The van der Waals surface area contributed by atoms with Crippen molar-refractivity contribution in [2.24, 2.45) is 0 Å². The average Bonchev–Trinajstić information content (AvgIpc) is 2.96. The number of para-hydroxylation sites is 1. The summed E-state index contributed by atoms with van der Waals surface area (Å²) >= 11 is 0.774. The van der Waals surface area contributed by atoms with Crippen molar-refractivity contribution < 1.29 is 23.5 Å². The number of imide groups is 1. The number of amides is 2. The fourth-order valence-corrected chi connectivity index (χ4v) is 3.51. The predicted octanol–water partition coefficient (Wildman–Crippen LogP) is 5.25. The second kappa shape index (κ2) is 8.93. The van der Waals surface area contributed by atoms with Crippen molar-refractivity contribution in [3.05, 3.63) is 58.8 Å². The third kappa shape index (κ3) is 4.20. The first-order valence-corrected chi connectivity index (χ1v) is 9.70. The molecule has 1 fully saturated rings. The number of halogens is 1. The van der Waals surface area contributed by atoms with Crippen LogP contribution in [0, 0.1) is 5.82 Å². The Morgan fingerprint density at radius 2 is 1.93 bits per heavy atom. The molecule has 0 bridgehead atoms. The molecule has 0 aromatic heterocycles. The molecule has 0 aliphatic carbocycles. The van der Waals surface area contributed by atoms with Gasteiger partial charge in [-0.1, -0.05) is 31.5 Å². The number of carbonyl (C=O) groups excluding carboxylic acids is 2. The summed E-state index contributed by atoms with van der Waals surface area (Å²) in [5.74, 6) is -0.0191. The Hall–Kier alpha value is -2.80. The van der Waals surface area contributed by atoms with Crippen molar-refractivity contribution in [3.63, 3.8) is 0 Å². The van der Waals surface area contributed by atoms with Gasteiger partial charge in [0.1, 0.15) is 5.82 Å². The Kier molecular flexibility index (Phi) is 6.36. The number of unbranched alkanes of at least 4 members (excludes halogenated alkanes) is 1. The van der Waals surface area contributed by atoms with Crippen molar-refractivity contribution in [1.29, 1.82) is 0 Å². The van der Waals surface area contributed by atoms with E-state index in [1.807, 2.05) is 0 Å². The molecule has 7 heteroatoms. The molecule has 3 rings (SSSR count). The zero-order valence-corrected chi connectivity index (χ0v) is 16.4.